The molecule has 0 bridgehead atoms. The molecule has 2 aromatic rings. The van der Waals surface area contributed by atoms with Crippen LogP contribution in [-0.4, -0.2) is 13.4 Å². The van der Waals surface area contributed by atoms with E-state index in [1.54, 1.807) is 33.0 Å². The molecule has 1 atom stereocenters. The van der Waals surface area contributed by atoms with Gasteiger partial charge in [0.15, 0.2) is 0 Å². The summed E-state index contributed by atoms with van der Waals surface area (Å²) < 4.78 is 27.9. The van der Waals surface area contributed by atoms with Crippen molar-refractivity contribution >= 4 is 27.0 Å². The quantitative estimate of drug-likeness (QED) is 0.846. The number of nitrogens with two attached hydrogens (primary N) is 1. The van der Waals surface area contributed by atoms with E-state index in [4.69, 9.17) is 5.73 Å². The highest BCUT2D eigenvalue weighted by atomic mass is 32.2. The van der Waals surface area contributed by atoms with Gasteiger partial charge in [0, 0.05) is 11.1 Å². The maximum Gasteiger partial charge on any atom is 0.243 e. The molecule has 114 valence electrons. The standard InChI is InChI=1S/C14H19N3O2S2/c1-8-5-6-9(2)13(12(8)15)21(18,19)17-11(4)14-16-7-10(3)20-14/h5-7,11,17H,15H2,1-4H3. The maximum absolute atomic E-state index is 12.6. The Bertz CT molecular complexity index is 767. The number of nitrogens with zero attached hydrogens (tertiary/aromatic N) is 1. The van der Waals surface area contributed by atoms with Gasteiger partial charge in [0.2, 0.25) is 10.0 Å². The molecule has 0 aliphatic carbocycles. The summed E-state index contributed by atoms with van der Waals surface area (Å²) in [4.78, 5) is 5.42. The number of benzene rings is 1. The molecule has 1 aromatic carbocycles. The second-order valence-corrected chi connectivity index (χ2v) is 8.01. The molecule has 2 rings (SSSR count). The fourth-order valence-electron chi connectivity index (χ4n) is 2.08. The first kappa shape index (κ1) is 15.9. The summed E-state index contributed by atoms with van der Waals surface area (Å²) >= 11 is 1.47. The topological polar surface area (TPSA) is 85.1 Å². The summed E-state index contributed by atoms with van der Waals surface area (Å²) in [6, 6.07) is 3.18. The molecule has 0 saturated heterocycles. The molecule has 7 heteroatoms. The molecular formula is C14H19N3O2S2. The van der Waals surface area contributed by atoms with E-state index >= 15 is 0 Å². The van der Waals surface area contributed by atoms with Crippen LogP contribution in [0.4, 0.5) is 5.69 Å². The lowest BCUT2D eigenvalue weighted by atomic mass is 10.1. The van der Waals surface area contributed by atoms with Crippen LogP contribution in [0.15, 0.2) is 23.2 Å². The van der Waals surface area contributed by atoms with E-state index in [1.807, 2.05) is 13.0 Å². The van der Waals surface area contributed by atoms with Crippen LogP contribution in [0.3, 0.4) is 0 Å². The van der Waals surface area contributed by atoms with Crippen LogP contribution in [0.1, 0.15) is 34.0 Å². The van der Waals surface area contributed by atoms with Gasteiger partial charge in [0.05, 0.1) is 11.7 Å². The highest BCUT2D eigenvalue weighted by Gasteiger charge is 2.24. The van der Waals surface area contributed by atoms with Crippen LogP contribution in [0.2, 0.25) is 0 Å². The second-order valence-electron chi connectivity index (χ2n) is 5.09. The lowest BCUT2D eigenvalue weighted by molar-refractivity contribution is 0.566. The lowest BCUT2D eigenvalue weighted by Gasteiger charge is -2.16. The number of rotatable bonds is 4. The van der Waals surface area contributed by atoms with E-state index < -0.39 is 16.1 Å². The first-order valence-corrected chi connectivity index (χ1v) is 8.82. The molecule has 0 amide bonds. The van der Waals surface area contributed by atoms with Crippen LogP contribution >= 0.6 is 11.3 Å². The van der Waals surface area contributed by atoms with Crippen molar-refractivity contribution in [2.24, 2.45) is 0 Å². The number of aromatic nitrogens is 1. The Morgan fingerprint density at radius 3 is 2.43 bits per heavy atom. The number of nitrogens with one attached hydrogen (secondary N) is 1. The Kier molecular flexibility index (Phi) is 4.36. The van der Waals surface area contributed by atoms with Crippen LogP contribution in [0.5, 0.6) is 0 Å². The number of thiazole rings is 1. The third kappa shape index (κ3) is 3.25. The smallest absolute Gasteiger partial charge is 0.243 e. The minimum atomic E-state index is -3.69. The Hall–Kier alpha value is -1.44. The number of aryl methyl sites for hydroxylation is 3. The van der Waals surface area contributed by atoms with Gasteiger partial charge >= 0.3 is 0 Å². The third-order valence-corrected chi connectivity index (χ3v) is 6.06. The van der Waals surface area contributed by atoms with Gasteiger partial charge in [-0.05, 0) is 38.8 Å². The van der Waals surface area contributed by atoms with E-state index in [0.29, 0.717) is 11.3 Å². The molecule has 0 radical (unpaired) electrons. The van der Waals surface area contributed by atoms with Crippen molar-refractivity contribution in [3.8, 4) is 0 Å². The van der Waals surface area contributed by atoms with Gasteiger partial charge in [0.1, 0.15) is 9.90 Å². The minimum absolute atomic E-state index is 0.155. The fraction of sp³-hybridized carbons (Fsp3) is 0.357. The van der Waals surface area contributed by atoms with Gasteiger partial charge in [-0.3, -0.25) is 0 Å². The van der Waals surface area contributed by atoms with Crippen molar-refractivity contribution < 1.29 is 8.42 Å². The first-order valence-electron chi connectivity index (χ1n) is 6.52. The van der Waals surface area contributed by atoms with Crippen molar-refractivity contribution in [3.05, 3.63) is 39.3 Å². The van der Waals surface area contributed by atoms with Crippen molar-refractivity contribution in [1.29, 1.82) is 0 Å². The highest BCUT2D eigenvalue weighted by Crippen LogP contribution is 2.28. The van der Waals surface area contributed by atoms with Crippen LogP contribution in [0, 0.1) is 20.8 Å². The normalized spacial score (nSPS) is 13.3. The van der Waals surface area contributed by atoms with E-state index in [2.05, 4.69) is 9.71 Å². The summed E-state index contributed by atoms with van der Waals surface area (Å²) in [6.07, 6.45) is 1.73. The molecule has 0 aliphatic heterocycles. The van der Waals surface area contributed by atoms with E-state index in [-0.39, 0.29) is 4.90 Å². The molecule has 3 N–H and O–H groups in total. The summed E-state index contributed by atoms with van der Waals surface area (Å²) in [7, 11) is -3.69. The molecule has 0 aliphatic rings. The van der Waals surface area contributed by atoms with Crippen molar-refractivity contribution in [3.63, 3.8) is 0 Å². The van der Waals surface area contributed by atoms with E-state index in [9.17, 15) is 8.42 Å². The zero-order valence-corrected chi connectivity index (χ0v) is 14.1. The first-order chi connectivity index (χ1) is 9.72. The average molecular weight is 325 g/mol. The van der Waals surface area contributed by atoms with Crippen LogP contribution < -0.4 is 10.5 Å². The largest absolute Gasteiger partial charge is 0.397 e. The molecule has 0 saturated carbocycles. The molecule has 1 unspecified atom stereocenters. The number of sulfonamides is 1. The van der Waals surface area contributed by atoms with Crippen molar-refractivity contribution in [2.75, 3.05) is 5.73 Å². The Balaban J connectivity index is 2.37. The molecule has 5 nitrogen and oxygen atoms in total. The summed E-state index contributed by atoms with van der Waals surface area (Å²) in [5, 5.41) is 0.736. The number of hydrogen-bond acceptors (Lipinski definition) is 5. The van der Waals surface area contributed by atoms with Gasteiger partial charge in [0.25, 0.3) is 0 Å². The van der Waals surface area contributed by atoms with Gasteiger partial charge in [-0.2, -0.15) is 0 Å². The third-order valence-electron chi connectivity index (χ3n) is 3.22. The molecule has 21 heavy (non-hydrogen) atoms. The zero-order valence-electron chi connectivity index (χ0n) is 12.5. The Morgan fingerprint density at radius 2 is 1.86 bits per heavy atom. The van der Waals surface area contributed by atoms with E-state index in [1.165, 1.54) is 11.3 Å². The number of anilines is 1. The predicted molar refractivity (Wildman–Crippen MR) is 85.9 cm³/mol. The van der Waals surface area contributed by atoms with Gasteiger partial charge in [-0.1, -0.05) is 12.1 Å². The monoisotopic (exact) mass is 325 g/mol. The summed E-state index contributed by atoms with van der Waals surface area (Å²) in [5.74, 6) is 0. The summed E-state index contributed by atoms with van der Waals surface area (Å²) in [5.41, 5.74) is 7.63. The van der Waals surface area contributed by atoms with Gasteiger partial charge < -0.3 is 5.73 Å². The van der Waals surface area contributed by atoms with Crippen LogP contribution in [0.25, 0.3) is 0 Å². The molecular weight excluding hydrogens is 306 g/mol. The molecule has 0 fully saturated rings. The zero-order chi connectivity index (χ0) is 15.8. The second kappa shape index (κ2) is 5.75. The predicted octanol–water partition coefficient (Wildman–Crippen LogP) is 2.69. The SMILES string of the molecule is Cc1cnc(C(C)NS(=O)(=O)c2c(C)ccc(C)c2N)s1. The Morgan fingerprint density at radius 1 is 1.24 bits per heavy atom. The number of hydrogen-bond donors (Lipinski definition) is 2. The average Bonchev–Trinajstić information content (AvgIpc) is 2.80. The van der Waals surface area contributed by atoms with Gasteiger partial charge in [-0.15, -0.1) is 11.3 Å². The fourth-order valence-corrected chi connectivity index (χ4v) is 4.57. The van der Waals surface area contributed by atoms with Gasteiger partial charge in [-0.25, -0.2) is 18.1 Å². The Labute approximate surface area is 129 Å². The van der Waals surface area contributed by atoms with Crippen molar-refractivity contribution in [1.82, 2.24) is 9.71 Å². The lowest BCUT2D eigenvalue weighted by Crippen LogP contribution is -2.28. The maximum atomic E-state index is 12.6. The molecule has 0 spiro atoms. The summed E-state index contributed by atoms with van der Waals surface area (Å²) in [6.45, 7) is 7.24. The minimum Gasteiger partial charge on any atom is -0.397 e. The number of nitrogen functional groups attached to an aromatic ring is 1. The molecule has 1 heterocycles. The highest BCUT2D eigenvalue weighted by molar-refractivity contribution is 7.89. The van der Waals surface area contributed by atoms with Crippen LogP contribution in [-0.2, 0) is 10.0 Å². The van der Waals surface area contributed by atoms with E-state index in [0.717, 1.165) is 15.4 Å². The molecule has 1 aromatic heterocycles. The van der Waals surface area contributed by atoms with Crippen molar-refractivity contribution in [2.45, 2.75) is 38.6 Å².